The lowest BCUT2D eigenvalue weighted by Gasteiger charge is -2.25. The highest BCUT2D eigenvalue weighted by molar-refractivity contribution is 5.95. The van der Waals surface area contributed by atoms with Gasteiger partial charge in [0.25, 0.3) is 0 Å². The largest absolute Gasteiger partial charge is 0.459 e. The molecule has 6 nitrogen and oxygen atoms in total. The number of ether oxygens (including phenoxy) is 2. The van der Waals surface area contributed by atoms with Crippen LogP contribution in [-0.2, 0) is 9.47 Å². The minimum atomic E-state index is -0.457. The SMILES string of the molecule is O=C(OC1CCC(O)CC1)c1cccc(C(=O)OC2CCC(O)CC2)c1. The van der Waals surface area contributed by atoms with Gasteiger partial charge in [0.2, 0.25) is 0 Å². The van der Waals surface area contributed by atoms with Crippen molar-refractivity contribution >= 4 is 11.9 Å². The van der Waals surface area contributed by atoms with Crippen LogP contribution in [0.5, 0.6) is 0 Å². The maximum absolute atomic E-state index is 12.3. The topological polar surface area (TPSA) is 93.1 Å². The minimum absolute atomic E-state index is 0.185. The van der Waals surface area contributed by atoms with Gasteiger partial charge in [-0.1, -0.05) is 6.07 Å². The molecule has 3 rings (SSSR count). The number of carbonyl (C=O) groups is 2. The third-order valence-corrected chi connectivity index (χ3v) is 5.17. The molecule has 6 heteroatoms. The first-order valence-corrected chi connectivity index (χ1v) is 9.39. The summed E-state index contributed by atoms with van der Waals surface area (Å²) >= 11 is 0. The molecule has 0 amide bonds. The van der Waals surface area contributed by atoms with Gasteiger partial charge < -0.3 is 19.7 Å². The number of aliphatic hydroxyl groups excluding tert-OH is 2. The molecule has 0 saturated heterocycles. The molecule has 0 bridgehead atoms. The second kappa shape index (κ2) is 8.64. The molecule has 2 fully saturated rings. The maximum atomic E-state index is 12.3. The van der Waals surface area contributed by atoms with E-state index in [9.17, 15) is 19.8 Å². The van der Waals surface area contributed by atoms with E-state index in [0.717, 1.165) is 0 Å². The van der Waals surface area contributed by atoms with Crippen molar-refractivity contribution in [2.24, 2.45) is 0 Å². The van der Waals surface area contributed by atoms with Gasteiger partial charge in [-0.25, -0.2) is 9.59 Å². The van der Waals surface area contributed by atoms with Gasteiger partial charge in [0.1, 0.15) is 12.2 Å². The highest BCUT2D eigenvalue weighted by Gasteiger charge is 2.25. The van der Waals surface area contributed by atoms with Crippen LogP contribution in [0.3, 0.4) is 0 Å². The van der Waals surface area contributed by atoms with Crippen molar-refractivity contribution in [3.8, 4) is 0 Å². The second-order valence-electron chi connectivity index (χ2n) is 7.25. The van der Waals surface area contributed by atoms with Gasteiger partial charge in [0.05, 0.1) is 23.3 Å². The Balaban J connectivity index is 1.56. The number of rotatable bonds is 4. The molecular weight excluding hydrogens is 336 g/mol. The molecule has 142 valence electrons. The van der Waals surface area contributed by atoms with E-state index in [1.54, 1.807) is 18.2 Å². The summed E-state index contributed by atoms with van der Waals surface area (Å²) in [5.74, 6) is -0.913. The van der Waals surface area contributed by atoms with Crippen molar-refractivity contribution < 1.29 is 29.3 Å². The molecule has 0 aromatic heterocycles. The zero-order valence-electron chi connectivity index (χ0n) is 14.8. The molecule has 1 aromatic rings. The molecule has 2 aliphatic rings. The quantitative estimate of drug-likeness (QED) is 0.800. The summed E-state index contributed by atoms with van der Waals surface area (Å²) in [5, 5.41) is 19.0. The molecule has 0 atom stereocenters. The van der Waals surface area contributed by atoms with E-state index in [1.807, 2.05) is 0 Å². The fourth-order valence-corrected chi connectivity index (χ4v) is 3.54. The molecule has 0 spiro atoms. The summed E-state index contributed by atoms with van der Waals surface area (Å²) < 4.78 is 11.0. The fourth-order valence-electron chi connectivity index (χ4n) is 3.54. The van der Waals surface area contributed by atoms with Crippen molar-refractivity contribution in [3.63, 3.8) is 0 Å². The lowest BCUT2D eigenvalue weighted by atomic mass is 9.95. The standard InChI is InChI=1S/C20H26O6/c21-15-4-8-17(9-5-15)25-19(23)13-2-1-3-14(12-13)20(24)26-18-10-6-16(22)7-11-18/h1-3,12,15-18,21-22H,4-11H2. The first-order chi connectivity index (χ1) is 12.5. The third kappa shape index (κ3) is 5.05. The number of benzene rings is 1. The summed E-state index contributed by atoms with van der Waals surface area (Å²) in [5.41, 5.74) is 0.647. The first kappa shape index (κ1) is 18.9. The van der Waals surface area contributed by atoms with Crippen LogP contribution in [0.25, 0.3) is 0 Å². The van der Waals surface area contributed by atoms with Gasteiger partial charge in [-0.15, -0.1) is 0 Å². The average Bonchev–Trinajstić information content (AvgIpc) is 2.65. The van der Waals surface area contributed by atoms with E-state index in [0.29, 0.717) is 62.5 Å². The normalized spacial score (nSPS) is 29.0. The highest BCUT2D eigenvalue weighted by atomic mass is 16.5. The van der Waals surface area contributed by atoms with E-state index >= 15 is 0 Å². The number of aliphatic hydroxyl groups is 2. The summed E-state index contributed by atoms with van der Waals surface area (Å²) in [6.07, 6.45) is 4.20. The number of esters is 2. The van der Waals surface area contributed by atoms with Gasteiger partial charge in [-0.05, 0) is 69.6 Å². The van der Waals surface area contributed by atoms with Gasteiger partial charge in [0.15, 0.2) is 0 Å². The van der Waals surface area contributed by atoms with E-state index in [4.69, 9.17) is 9.47 Å². The summed E-state index contributed by atoms with van der Waals surface area (Å²) in [6.45, 7) is 0. The van der Waals surface area contributed by atoms with Crippen LogP contribution in [0.1, 0.15) is 72.1 Å². The zero-order valence-corrected chi connectivity index (χ0v) is 14.8. The Kier molecular flexibility index (Phi) is 6.27. The Morgan fingerprint density at radius 1 is 0.731 bits per heavy atom. The molecule has 2 saturated carbocycles. The molecular formula is C20H26O6. The van der Waals surface area contributed by atoms with Crippen LogP contribution < -0.4 is 0 Å². The van der Waals surface area contributed by atoms with Gasteiger partial charge in [0, 0.05) is 0 Å². The predicted molar refractivity (Wildman–Crippen MR) is 93.8 cm³/mol. The van der Waals surface area contributed by atoms with Gasteiger partial charge in [-0.2, -0.15) is 0 Å². The smallest absolute Gasteiger partial charge is 0.338 e. The number of hydrogen-bond donors (Lipinski definition) is 2. The van der Waals surface area contributed by atoms with Crippen LogP contribution in [0.2, 0.25) is 0 Å². The van der Waals surface area contributed by atoms with E-state index < -0.39 is 11.9 Å². The number of carbonyl (C=O) groups excluding carboxylic acids is 2. The van der Waals surface area contributed by atoms with Crippen molar-refractivity contribution in [3.05, 3.63) is 35.4 Å². The Labute approximate surface area is 153 Å². The molecule has 1 aromatic carbocycles. The maximum Gasteiger partial charge on any atom is 0.338 e. The van der Waals surface area contributed by atoms with Crippen LogP contribution >= 0.6 is 0 Å². The molecule has 26 heavy (non-hydrogen) atoms. The Hall–Kier alpha value is -1.92. The van der Waals surface area contributed by atoms with Crippen LogP contribution in [0, 0.1) is 0 Å². The van der Waals surface area contributed by atoms with E-state index in [-0.39, 0.29) is 24.4 Å². The predicted octanol–water partition coefficient (Wildman–Crippen LogP) is 2.61. The van der Waals surface area contributed by atoms with E-state index in [1.165, 1.54) is 6.07 Å². The summed E-state index contributed by atoms with van der Waals surface area (Å²) in [4.78, 5) is 24.7. The summed E-state index contributed by atoms with van der Waals surface area (Å²) in [6, 6.07) is 6.38. The number of hydrogen-bond acceptors (Lipinski definition) is 6. The fraction of sp³-hybridized carbons (Fsp3) is 0.600. The van der Waals surface area contributed by atoms with Crippen molar-refractivity contribution in [2.45, 2.75) is 75.8 Å². The molecule has 0 aliphatic heterocycles. The first-order valence-electron chi connectivity index (χ1n) is 9.39. The Bertz CT molecular complexity index is 576. The zero-order chi connectivity index (χ0) is 18.5. The molecule has 2 aliphatic carbocycles. The second-order valence-corrected chi connectivity index (χ2v) is 7.25. The molecule has 0 unspecified atom stereocenters. The highest BCUT2D eigenvalue weighted by Crippen LogP contribution is 2.24. The summed E-state index contributed by atoms with van der Waals surface area (Å²) in [7, 11) is 0. The van der Waals surface area contributed by atoms with Crippen LogP contribution in [0.15, 0.2) is 24.3 Å². The monoisotopic (exact) mass is 362 g/mol. The van der Waals surface area contributed by atoms with Gasteiger partial charge in [-0.3, -0.25) is 0 Å². The molecule has 2 N–H and O–H groups in total. The van der Waals surface area contributed by atoms with Gasteiger partial charge >= 0.3 is 11.9 Å². The average molecular weight is 362 g/mol. The van der Waals surface area contributed by atoms with E-state index in [2.05, 4.69) is 0 Å². The Morgan fingerprint density at radius 3 is 1.50 bits per heavy atom. The van der Waals surface area contributed by atoms with Crippen LogP contribution in [0.4, 0.5) is 0 Å². The van der Waals surface area contributed by atoms with Crippen molar-refractivity contribution in [2.75, 3.05) is 0 Å². The lowest BCUT2D eigenvalue weighted by Crippen LogP contribution is -2.27. The minimum Gasteiger partial charge on any atom is -0.459 e. The van der Waals surface area contributed by atoms with Crippen LogP contribution in [-0.4, -0.2) is 46.6 Å². The lowest BCUT2D eigenvalue weighted by molar-refractivity contribution is 0.00415. The Morgan fingerprint density at radius 2 is 1.12 bits per heavy atom. The molecule has 0 radical (unpaired) electrons. The van der Waals surface area contributed by atoms with Crippen molar-refractivity contribution in [1.82, 2.24) is 0 Å². The van der Waals surface area contributed by atoms with Crippen molar-refractivity contribution in [1.29, 1.82) is 0 Å². The third-order valence-electron chi connectivity index (χ3n) is 5.17. The molecule has 0 heterocycles.